The molecular formula is C22H23NO4. The van der Waals surface area contributed by atoms with Gasteiger partial charge < -0.3 is 19.5 Å². The second-order valence-electron chi connectivity index (χ2n) is 6.11. The normalized spacial score (nSPS) is 10.4. The number of fused-ring (bicyclic) bond motifs is 1. The van der Waals surface area contributed by atoms with Crippen molar-refractivity contribution in [1.29, 1.82) is 0 Å². The highest BCUT2D eigenvalue weighted by Gasteiger charge is 2.04. The highest BCUT2D eigenvalue weighted by atomic mass is 16.5. The molecule has 5 heteroatoms. The van der Waals surface area contributed by atoms with Crippen LogP contribution in [0.2, 0.25) is 0 Å². The van der Waals surface area contributed by atoms with Gasteiger partial charge in [0.15, 0.2) is 6.61 Å². The van der Waals surface area contributed by atoms with Gasteiger partial charge in [0.1, 0.15) is 17.2 Å². The van der Waals surface area contributed by atoms with Crippen LogP contribution in [0.4, 0.5) is 0 Å². The molecule has 27 heavy (non-hydrogen) atoms. The Balaban J connectivity index is 1.47. The summed E-state index contributed by atoms with van der Waals surface area (Å²) in [6, 6.07) is 19.4. The number of nitrogens with one attached hydrogen (secondary N) is 1. The van der Waals surface area contributed by atoms with Crippen LogP contribution < -0.4 is 19.5 Å². The number of rotatable bonds is 8. The number of hydrogen-bond donors (Lipinski definition) is 1. The van der Waals surface area contributed by atoms with Crippen molar-refractivity contribution < 1.29 is 19.0 Å². The van der Waals surface area contributed by atoms with Crippen molar-refractivity contribution >= 4 is 16.7 Å². The van der Waals surface area contributed by atoms with E-state index in [9.17, 15) is 4.79 Å². The molecule has 0 aromatic heterocycles. The quantitative estimate of drug-likeness (QED) is 0.663. The highest BCUT2D eigenvalue weighted by Crippen LogP contribution is 2.24. The lowest BCUT2D eigenvalue weighted by Gasteiger charge is -2.09. The largest absolute Gasteiger partial charge is 0.497 e. The Labute approximate surface area is 158 Å². The molecule has 3 aromatic rings. The molecule has 3 rings (SSSR count). The third kappa shape index (κ3) is 5.14. The Morgan fingerprint density at radius 2 is 1.44 bits per heavy atom. The van der Waals surface area contributed by atoms with Crippen LogP contribution >= 0.6 is 0 Å². The number of benzene rings is 3. The first-order valence-electron chi connectivity index (χ1n) is 8.78. The van der Waals surface area contributed by atoms with E-state index in [1.807, 2.05) is 60.7 Å². The van der Waals surface area contributed by atoms with Crippen molar-refractivity contribution in [2.24, 2.45) is 0 Å². The lowest BCUT2D eigenvalue weighted by Crippen LogP contribution is -2.30. The maximum Gasteiger partial charge on any atom is 0.257 e. The first-order valence-corrected chi connectivity index (χ1v) is 8.78. The molecule has 0 fully saturated rings. The van der Waals surface area contributed by atoms with Crippen LogP contribution in [-0.4, -0.2) is 33.3 Å². The number of carbonyl (C=O) groups excluding carboxylic acids is 1. The molecule has 0 heterocycles. The predicted molar refractivity (Wildman–Crippen MR) is 106 cm³/mol. The average Bonchev–Trinajstić information content (AvgIpc) is 2.72. The molecule has 1 amide bonds. The van der Waals surface area contributed by atoms with Crippen molar-refractivity contribution in [3.63, 3.8) is 0 Å². The smallest absolute Gasteiger partial charge is 0.257 e. The van der Waals surface area contributed by atoms with Crippen molar-refractivity contribution in [2.75, 3.05) is 27.4 Å². The summed E-state index contributed by atoms with van der Waals surface area (Å²) in [4.78, 5) is 12.0. The van der Waals surface area contributed by atoms with Crippen LogP contribution in [0.3, 0.4) is 0 Å². The molecule has 0 aliphatic carbocycles. The van der Waals surface area contributed by atoms with E-state index < -0.39 is 0 Å². The van der Waals surface area contributed by atoms with E-state index in [4.69, 9.17) is 14.2 Å². The van der Waals surface area contributed by atoms with Gasteiger partial charge in [0, 0.05) is 6.54 Å². The first-order chi connectivity index (χ1) is 13.2. The number of carbonyl (C=O) groups is 1. The number of amides is 1. The maximum atomic E-state index is 12.0. The summed E-state index contributed by atoms with van der Waals surface area (Å²) < 4.78 is 16.0. The second-order valence-corrected chi connectivity index (χ2v) is 6.11. The third-order valence-electron chi connectivity index (χ3n) is 4.28. The molecule has 0 unspecified atom stereocenters. The summed E-state index contributed by atoms with van der Waals surface area (Å²) in [6.45, 7) is 0.543. The third-order valence-corrected chi connectivity index (χ3v) is 4.28. The van der Waals surface area contributed by atoms with Crippen LogP contribution in [0.1, 0.15) is 5.56 Å². The molecule has 0 saturated heterocycles. The summed E-state index contributed by atoms with van der Waals surface area (Å²) in [7, 11) is 3.28. The minimum Gasteiger partial charge on any atom is -0.497 e. The lowest BCUT2D eigenvalue weighted by molar-refractivity contribution is -0.123. The molecule has 0 atom stereocenters. The Kier molecular flexibility index (Phi) is 6.15. The first kappa shape index (κ1) is 18.6. The Morgan fingerprint density at radius 1 is 0.815 bits per heavy atom. The average molecular weight is 365 g/mol. The molecule has 3 aromatic carbocycles. The molecule has 1 N–H and O–H groups in total. The van der Waals surface area contributed by atoms with Crippen molar-refractivity contribution in [1.82, 2.24) is 5.32 Å². The van der Waals surface area contributed by atoms with Gasteiger partial charge in [0.25, 0.3) is 5.91 Å². The summed E-state index contributed by atoms with van der Waals surface area (Å²) in [5.74, 6) is 2.12. The van der Waals surface area contributed by atoms with E-state index in [0.717, 1.165) is 34.3 Å². The SMILES string of the molecule is COc1ccc(CCNC(=O)COc2ccc3ccc(OC)cc3c2)cc1. The van der Waals surface area contributed by atoms with Gasteiger partial charge in [-0.05, 0) is 59.2 Å². The van der Waals surface area contributed by atoms with Gasteiger partial charge in [0.2, 0.25) is 0 Å². The van der Waals surface area contributed by atoms with Crippen molar-refractivity contribution in [3.05, 3.63) is 66.2 Å². The molecule has 0 aliphatic rings. The van der Waals surface area contributed by atoms with Gasteiger partial charge in [-0.2, -0.15) is 0 Å². The monoisotopic (exact) mass is 365 g/mol. The van der Waals surface area contributed by atoms with Gasteiger partial charge >= 0.3 is 0 Å². The summed E-state index contributed by atoms with van der Waals surface area (Å²) in [6.07, 6.45) is 0.755. The Bertz CT molecular complexity index is 906. The van der Waals surface area contributed by atoms with E-state index in [0.29, 0.717) is 12.3 Å². The Morgan fingerprint density at radius 3 is 2.15 bits per heavy atom. The van der Waals surface area contributed by atoms with Crippen LogP contribution in [0.15, 0.2) is 60.7 Å². The fourth-order valence-corrected chi connectivity index (χ4v) is 2.76. The minimum atomic E-state index is -0.144. The van der Waals surface area contributed by atoms with Crippen LogP contribution in [0.25, 0.3) is 10.8 Å². The molecular weight excluding hydrogens is 342 g/mol. The molecule has 140 valence electrons. The summed E-state index contributed by atoms with van der Waals surface area (Å²) in [5.41, 5.74) is 1.14. The zero-order valence-corrected chi connectivity index (χ0v) is 15.5. The fraction of sp³-hybridized carbons (Fsp3) is 0.227. The topological polar surface area (TPSA) is 56.8 Å². The van der Waals surface area contributed by atoms with Crippen molar-refractivity contribution in [3.8, 4) is 17.2 Å². The summed E-state index contributed by atoms with van der Waals surface area (Å²) >= 11 is 0. The molecule has 0 aliphatic heterocycles. The van der Waals surface area contributed by atoms with E-state index in [1.165, 1.54) is 0 Å². The molecule has 0 radical (unpaired) electrons. The zero-order valence-electron chi connectivity index (χ0n) is 15.5. The number of ether oxygens (including phenoxy) is 3. The summed E-state index contributed by atoms with van der Waals surface area (Å²) in [5, 5.41) is 4.97. The fourth-order valence-electron chi connectivity index (χ4n) is 2.76. The lowest BCUT2D eigenvalue weighted by atomic mass is 10.1. The maximum absolute atomic E-state index is 12.0. The number of hydrogen-bond acceptors (Lipinski definition) is 4. The van der Waals surface area contributed by atoms with E-state index in [-0.39, 0.29) is 12.5 Å². The minimum absolute atomic E-state index is 0.0158. The van der Waals surface area contributed by atoms with Crippen LogP contribution in [-0.2, 0) is 11.2 Å². The molecule has 0 spiro atoms. The highest BCUT2D eigenvalue weighted by molar-refractivity contribution is 5.85. The van der Waals surface area contributed by atoms with E-state index in [2.05, 4.69) is 5.32 Å². The van der Waals surface area contributed by atoms with E-state index in [1.54, 1.807) is 14.2 Å². The van der Waals surface area contributed by atoms with Gasteiger partial charge in [-0.1, -0.05) is 24.3 Å². The molecule has 5 nitrogen and oxygen atoms in total. The number of methoxy groups -OCH3 is 2. The Hall–Kier alpha value is -3.21. The molecule has 0 saturated carbocycles. The molecule has 0 bridgehead atoms. The van der Waals surface area contributed by atoms with Crippen LogP contribution in [0.5, 0.6) is 17.2 Å². The second kappa shape index (κ2) is 8.94. The van der Waals surface area contributed by atoms with Gasteiger partial charge in [-0.15, -0.1) is 0 Å². The van der Waals surface area contributed by atoms with Gasteiger partial charge in [0.05, 0.1) is 14.2 Å². The standard InChI is InChI=1S/C22H23NO4/c1-25-19-7-3-16(4-8-19)11-12-23-22(24)15-27-21-10-6-17-5-9-20(26-2)13-18(17)14-21/h3-10,13-14H,11-12,15H2,1-2H3,(H,23,24). The van der Waals surface area contributed by atoms with Crippen LogP contribution in [0, 0.1) is 0 Å². The zero-order chi connectivity index (χ0) is 19.1. The van der Waals surface area contributed by atoms with Crippen molar-refractivity contribution in [2.45, 2.75) is 6.42 Å². The predicted octanol–water partition coefficient (Wildman–Crippen LogP) is 3.59. The van der Waals surface area contributed by atoms with Gasteiger partial charge in [-0.3, -0.25) is 4.79 Å². The van der Waals surface area contributed by atoms with E-state index >= 15 is 0 Å². The van der Waals surface area contributed by atoms with Gasteiger partial charge in [-0.25, -0.2) is 0 Å².